The largest absolute Gasteiger partial charge is 0.336 e. The van der Waals surface area contributed by atoms with Crippen molar-refractivity contribution in [2.75, 3.05) is 36.4 Å². The Labute approximate surface area is 165 Å². The Morgan fingerprint density at radius 2 is 2.03 bits per heavy atom. The van der Waals surface area contributed by atoms with Crippen molar-refractivity contribution in [1.82, 2.24) is 39.9 Å². The van der Waals surface area contributed by atoms with Gasteiger partial charge in [0.1, 0.15) is 11.2 Å². The van der Waals surface area contributed by atoms with E-state index in [2.05, 4.69) is 35.7 Å². The SMILES string of the molecule is Cc1cc(Nc2nc(N3CCN(C(=O)c4cc[nH]n4)CC3)nn3cccc23)n[nH]1. The second kappa shape index (κ2) is 6.93. The molecule has 0 radical (unpaired) electrons. The summed E-state index contributed by atoms with van der Waals surface area (Å²) in [5, 5.41) is 21.7. The summed E-state index contributed by atoms with van der Waals surface area (Å²) in [7, 11) is 0. The summed E-state index contributed by atoms with van der Waals surface area (Å²) in [5.41, 5.74) is 2.26. The Bertz CT molecular complexity index is 1140. The van der Waals surface area contributed by atoms with Gasteiger partial charge in [-0.1, -0.05) is 0 Å². The molecule has 1 amide bonds. The molecular formula is C18H20N10O. The molecule has 0 aromatic carbocycles. The number of nitrogens with zero attached hydrogens (tertiary/aromatic N) is 7. The first-order valence-corrected chi connectivity index (χ1v) is 9.36. The second-order valence-electron chi connectivity index (χ2n) is 6.90. The average molecular weight is 392 g/mol. The zero-order valence-electron chi connectivity index (χ0n) is 15.8. The maximum Gasteiger partial charge on any atom is 0.274 e. The van der Waals surface area contributed by atoms with Gasteiger partial charge in [0, 0.05) is 50.3 Å². The Morgan fingerprint density at radius 3 is 2.76 bits per heavy atom. The van der Waals surface area contributed by atoms with Crippen molar-refractivity contribution < 1.29 is 4.79 Å². The smallest absolute Gasteiger partial charge is 0.274 e. The topological polar surface area (TPSA) is 123 Å². The van der Waals surface area contributed by atoms with Gasteiger partial charge in [-0.3, -0.25) is 15.0 Å². The van der Waals surface area contributed by atoms with Crippen LogP contribution in [0.5, 0.6) is 0 Å². The number of amides is 1. The van der Waals surface area contributed by atoms with Crippen LogP contribution in [-0.4, -0.2) is 72.0 Å². The number of aromatic amines is 2. The molecule has 11 heteroatoms. The van der Waals surface area contributed by atoms with Crippen molar-refractivity contribution >= 4 is 29.0 Å². The van der Waals surface area contributed by atoms with Crippen LogP contribution in [-0.2, 0) is 0 Å². The van der Waals surface area contributed by atoms with E-state index in [9.17, 15) is 4.79 Å². The number of carbonyl (C=O) groups is 1. The van der Waals surface area contributed by atoms with E-state index in [1.54, 1.807) is 21.7 Å². The van der Waals surface area contributed by atoms with E-state index >= 15 is 0 Å². The van der Waals surface area contributed by atoms with Crippen LogP contribution in [0.2, 0.25) is 0 Å². The first-order chi connectivity index (χ1) is 14.2. The van der Waals surface area contributed by atoms with Crippen molar-refractivity contribution in [3.8, 4) is 0 Å². The highest BCUT2D eigenvalue weighted by atomic mass is 16.2. The van der Waals surface area contributed by atoms with Crippen LogP contribution >= 0.6 is 0 Å². The molecule has 148 valence electrons. The molecule has 4 aromatic rings. The molecule has 0 atom stereocenters. The second-order valence-corrected chi connectivity index (χ2v) is 6.90. The summed E-state index contributed by atoms with van der Waals surface area (Å²) in [5.74, 6) is 1.92. The van der Waals surface area contributed by atoms with Gasteiger partial charge in [0.2, 0.25) is 5.95 Å². The number of aromatic nitrogens is 7. The highest BCUT2D eigenvalue weighted by molar-refractivity contribution is 5.92. The molecule has 0 aliphatic carbocycles. The summed E-state index contributed by atoms with van der Waals surface area (Å²) in [6.45, 7) is 4.40. The minimum Gasteiger partial charge on any atom is -0.336 e. The average Bonchev–Trinajstić information content (AvgIpc) is 3.49. The first kappa shape index (κ1) is 17.2. The van der Waals surface area contributed by atoms with Crippen molar-refractivity contribution in [2.45, 2.75) is 6.92 Å². The van der Waals surface area contributed by atoms with E-state index in [0.29, 0.717) is 49.5 Å². The van der Waals surface area contributed by atoms with Gasteiger partial charge in [-0.05, 0) is 25.1 Å². The standard InChI is InChI=1S/C18H20N10O/c1-12-11-15(24-22-12)20-16-14-3-2-6-28(14)25-18(21-16)27-9-7-26(8-10-27)17(29)13-4-5-19-23-13/h2-6,11H,7-10H2,1H3,(H,19,23)(H2,20,21,22,24,25). The molecule has 0 bridgehead atoms. The lowest BCUT2D eigenvalue weighted by molar-refractivity contribution is 0.0740. The molecule has 11 nitrogen and oxygen atoms in total. The van der Waals surface area contributed by atoms with Crippen LogP contribution in [0.1, 0.15) is 16.2 Å². The number of carbonyl (C=O) groups excluding carboxylic acids is 1. The lowest BCUT2D eigenvalue weighted by Crippen LogP contribution is -2.49. The molecule has 1 fully saturated rings. The van der Waals surface area contributed by atoms with E-state index in [1.807, 2.05) is 31.3 Å². The normalized spacial score (nSPS) is 14.5. The zero-order valence-corrected chi connectivity index (χ0v) is 15.8. The van der Waals surface area contributed by atoms with Gasteiger partial charge in [-0.25, -0.2) is 4.52 Å². The maximum atomic E-state index is 12.5. The van der Waals surface area contributed by atoms with E-state index < -0.39 is 0 Å². The van der Waals surface area contributed by atoms with Crippen molar-refractivity contribution in [3.05, 3.63) is 48.0 Å². The summed E-state index contributed by atoms with van der Waals surface area (Å²) < 4.78 is 1.80. The highest BCUT2D eigenvalue weighted by Gasteiger charge is 2.25. The van der Waals surface area contributed by atoms with Gasteiger partial charge in [0.15, 0.2) is 11.6 Å². The number of piperazine rings is 1. The summed E-state index contributed by atoms with van der Waals surface area (Å²) in [6, 6.07) is 7.48. The molecule has 5 heterocycles. The molecule has 0 unspecified atom stereocenters. The molecular weight excluding hydrogens is 372 g/mol. The highest BCUT2D eigenvalue weighted by Crippen LogP contribution is 2.22. The van der Waals surface area contributed by atoms with Gasteiger partial charge in [0.05, 0.1) is 0 Å². The number of H-pyrrole nitrogens is 2. The lowest BCUT2D eigenvalue weighted by Gasteiger charge is -2.34. The minimum absolute atomic E-state index is 0.0658. The predicted octanol–water partition coefficient (Wildman–Crippen LogP) is 1.19. The summed E-state index contributed by atoms with van der Waals surface area (Å²) in [6.07, 6.45) is 3.54. The fourth-order valence-corrected chi connectivity index (χ4v) is 3.40. The van der Waals surface area contributed by atoms with E-state index in [0.717, 1.165) is 11.2 Å². The molecule has 1 aliphatic heterocycles. The van der Waals surface area contributed by atoms with Crippen LogP contribution in [0.4, 0.5) is 17.6 Å². The number of hydrogen-bond acceptors (Lipinski definition) is 7. The Kier molecular flexibility index (Phi) is 4.12. The van der Waals surface area contributed by atoms with E-state index in [4.69, 9.17) is 4.98 Å². The quantitative estimate of drug-likeness (QED) is 0.477. The van der Waals surface area contributed by atoms with Crippen LogP contribution in [0.25, 0.3) is 5.52 Å². The van der Waals surface area contributed by atoms with E-state index in [-0.39, 0.29) is 5.91 Å². The van der Waals surface area contributed by atoms with Crippen molar-refractivity contribution in [1.29, 1.82) is 0 Å². The fraction of sp³-hybridized carbons (Fsp3) is 0.278. The third kappa shape index (κ3) is 3.26. The van der Waals surface area contributed by atoms with Crippen LogP contribution in [0, 0.1) is 6.92 Å². The molecule has 1 aliphatic rings. The molecule has 5 rings (SSSR count). The number of aryl methyl sites for hydroxylation is 1. The zero-order chi connectivity index (χ0) is 19.8. The van der Waals surface area contributed by atoms with Crippen LogP contribution in [0.15, 0.2) is 36.7 Å². The van der Waals surface area contributed by atoms with E-state index in [1.165, 1.54) is 0 Å². The number of fused-ring (bicyclic) bond motifs is 1. The molecule has 1 saturated heterocycles. The lowest BCUT2D eigenvalue weighted by atomic mass is 10.3. The number of nitrogens with one attached hydrogen (secondary N) is 3. The van der Waals surface area contributed by atoms with Gasteiger partial charge in [0.25, 0.3) is 5.91 Å². The van der Waals surface area contributed by atoms with Crippen molar-refractivity contribution in [3.63, 3.8) is 0 Å². The number of anilines is 3. The third-order valence-corrected chi connectivity index (χ3v) is 4.90. The summed E-state index contributed by atoms with van der Waals surface area (Å²) >= 11 is 0. The van der Waals surface area contributed by atoms with Gasteiger partial charge in [-0.15, -0.1) is 5.10 Å². The summed E-state index contributed by atoms with van der Waals surface area (Å²) in [4.78, 5) is 21.1. The minimum atomic E-state index is -0.0658. The third-order valence-electron chi connectivity index (χ3n) is 4.90. The van der Waals surface area contributed by atoms with Crippen LogP contribution in [0.3, 0.4) is 0 Å². The van der Waals surface area contributed by atoms with Gasteiger partial charge < -0.3 is 15.1 Å². The predicted molar refractivity (Wildman–Crippen MR) is 106 cm³/mol. The Balaban J connectivity index is 1.36. The Morgan fingerprint density at radius 1 is 1.17 bits per heavy atom. The molecule has 29 heavy (non-hydrogen) atoms. The first-order valence-electron chi connectivity index (χ1n) is 9.36. The van der Waals surface area contributed by atoms with Crippen molar-refractivity contribution in [2.24, 2.45) is 0 Å². The molecule has 4 aromatic heterocycles. The number of hydrogen-bond donors (Lipinski definition) is 3. The Hall–Kier alpha value is -3.89. The van der Waals surface area contributed by atoms with Gasteiger partial charge in [-0.2, -0.15) is 15.2 Å². The molecule has 3 N–H and O–H groups in total. The molecule has 0 saturated carbocycles. The monoisotopic (exact) mass is 392 g/mol. The maximum absolute atomic E-state index is 12.5. The van der Waals surface area contributed by atoms with Crippen LogP contribution < -0.4 is 10.2 Å². The van der Waals surface area contributed by atoms with Gasteiger partial charge >= 0.3 is 0 Å². The molecule has 0 spiro atoms. The number of rotatable bonds is 4. The fourth-order valence-electron chi connectivity index (χ4n) is 3.40.